The molecule has 2 amide bonds. The summed E-state index contributed by atoms with van der Waals surface area (Å²) in [5.74, 6) is 0. The number of anilines is 1. The highest BCUT2D eigenvalue weighted by molar-refractivity contribution is 5.89. The van der Waals surface area contributed by atoms with Crippen molar-refractivity contribution in [2.24, 2.45) is 5.11 Å². The van der Waals surface area contributed by atoms with Crippen LogP contribution in [0.15, 0.2) is 35.4 Å². The zero-order valence-corrected chi connectivity index (χ0v) is 9.47. The lowest BCUT2D eigenvalue weighted by Gasteiger charge is -2.06. The SMILES string of the molecule is [N-]=[N+]=NCCCCNC(=O)Nc1ccccc1. The van der Waals surface area contributed by atoms with E-state index in [-0.39, 0.29) is 6.03 Å². The fourth-order valence-electron chi connectivity index (χ4n) is 1.25. The number of azide groups is 1. The third kappa shape index (κ3) is 6.06. The van der Waals surface area contributed by atoms with Gasteiger partial charge in [-0.15, -0.1) is 0 Å². The number of para-hydroxylation sites is 1. The van der Waals surface area contributed by atoms with E-state index in [4.69, 9.17) is 5.53 Å². The summed E-state index contributed by atoms with van der Waals surface area (Å²) >= 11 is 0. The van der Waals surface area contributed by atoms with Crippen molar-refractivity contribution in [1.29, 1.82) is 0 Å². The number of benzene rings is 1. The van der Waals surface area contributed by atoms with Crippen LogP contribution >= 0.6 is 0 Å². The molecule has 0 aromatic heterocycles. The maximum Gasteiger partial charge on any atom is 0.319 e. The minimum Gasteiger partial charge on any atom is -0.338 e. The number of rotatable bonds is 6. The van der Waals surface area contributed by atoms with Crippen molar-refractivity contribution in [3.05, 3.63) is 40.8 Å². The predicted octanol–water partition coefficient (Wildman–Crippen LogP) is 2.90. The second kappa shape index (κ2) is 8.01. The average molecular weight is 233 g/mol. The molecule has 6 heteroatoms. The van der Waals surface area contributed by atoms with E-state index in [1.807, 2.05) is 30.3 Å². The molecule has 0 bridgehead atoms. The lowest BCUT2D eigenvalue weighted by atomic mass is 10.3. The van der Waals surface area contributed by atoms with Gasteiger partial charge in [-0.25, -0.2) is 4.79 Å². The van der Waals surface area contributed by atoms with Gasteiger partial charge < -0.3 is 10.6 Å². The van der Waals surface area contributed by atoms with Crippen LogP contribution in [0.5, 0.6) is 0 Å². The molecule has 0 fully saturated rings. The van der Waals surface area contributed by atoms with Crippen molar-refractivity contribution < 1.29 is 4.79 Å². The van der Waals surface area contributed by atoms with Crippen LogP contribution < -0.4 is 10.6 Å². The molecule has 0 aliphatic heterocycles. The Morgan fingerprint density at radius 3 is 2.76 bits per heavy atom. The van der Waals surface area contributed by atoms with Crippen molar-refractivity contribution in [3.8, 4) is 0 Å². The zero-order chi connectivity index (χ0) is 12.3. The average Bonchev–Trinajstić information content (AvgIpc) is 2.35. The Morgan fingerprint density at radius 2 is 2.06 bits per heavy atom. The van der Waals surface area contributed by atoms with E-state index < -0.39 is 0 Å². The molecule has 0 saturated carbocycles. The maximum absolute atomic E-state index is 11.4. The first kappa shape index (κ1) is 12.9. The van der Waals surface area contributed by atoms with Crippen molar-refractivity contribution in [2.45, 2.75) is 12.8 Å². The van der Waals surface area contributed by atoms with Gasteiger partial charge in [0.2, 0.25) is 0 Å². The molecule has 0 heterocycles. The fraction of sp³-hybridized carbons (Fsp3) is 0.364. The number of carbonyl (C=O) groups excluding carboxylic acids is 1. The lowest BCUT2D eigenvalue weighted by Crippen LogP contribution is -2.29. The summed E-state index contributed by atoms with van der Waals surface area (Å²) in [6, 6.07) is 9.02. The third-order valence-electron chi connectivity index (χ3n) is 2.07. The van der Waals surface area contributed by atoms with Crippen LogP contribution in [0.3, 0.4) is 0 Å². The second-order valence-corrected chi connectivity index (χ2v) is 3.41. The molecule has 0 aliphatic carbocycles. The van der Waals surface area contributed by atoms with Gasteiger partial charge in [0.25, 0.3) is 0 Å². The highest BCUT2D eigenvalue weighted by Gasteiger charge is 1.99. The molecule has 0 aliphatic rings. The molecule has 17 heavy (non-hydrogen) atoms. The Labute approximate surface area is 99.7 Å². The first-order chi connectivity index (χ1) is 8.33. The van der Waals surface area contributed by atoms with Crippen LogP contribution in [0.4, 0.5) is 10.5 Å². The van der Waals surface area contributed by atoms with Gasteiger partial charge >= 0.3 is 6.03 Å². The van der Waals surface area contributed by atoms with Gasteiger partial charge in [-0.2, -0.15) is 0 Å². The summed E-state index contributed by atoms with van der Waals surface area (Å²) in [5.41, 5.74) is 8.82. The van der Waals surface area contributed by atoms with E-state index in [9.17, 15) is 4.79 Å². The molecule has 0 radical (unpaired) electrons. The Kier molecular flexibility index (Phi) is 6.06. The Balaban J connectivity index is 2.11. The highest BCUT2D eigenvalue weighted by Crippen LogP contribution is 2.03. The molecule has 0 unspecified atom stereocenters. The molecule has 0 atom stereocenters. The fourth-order valence-corrected chi connectivity index (χ4v) is 1.25. The summed E-state index contributed by atoms with van der Waals surface area (Å²) in [6.07, 6.45) is 1.57. The number of nitrogens with zero attached hydrogens (tertiary/aromatic N) is 3. The van der Waals surface area contributed by atoms with E-state index in [0.29, 0.717) is 13.1 Å². The van der Waals surface area contributed by atoms with E-state index >= 15 is 0 Å². The number of carbonyl (C=O) groups is 1. The Hall–Kier alpha value is -2.20. The standard InChI is InChI=1S/C11H15N5O/c12-16-14-9-5-4-8-13-11(17)15-10-6-2-1-3-7-10/h1-3,6-7H,4-5,8-9H2,(H2,13,15,17). The molecule has 2 N–H and O–H groups in total. The van der Waals surface area contributed by atoms with Crippen LogP contribution in [0, 0.1) is 0 Å². The summed E-state index contributed by atoms with van der Waals surface area (Å²) in [4.78, 5) is 14.0. The summed E-state index contributed by atoms with van der Waals surface area (Å²) in [7, 11) is 0. The number of hydrogen-bond donors (Lipinski definition) is 2. The normalized spacial score (nSPS) is 9.18. The first-order valence-corrected chi connectivity index (χ1v) is 5.43. The first-order valence-electron chi connectivity index (χ1n) is 5.43. The highest BCUT2D eigenvalue weighted by atomic mass is 16.2. The summed E-state index contributed by atoms with van der Waals surface area (Å²) in [6.45, 7) is 1.04. The van der Waals surface area contributed by atoms with Crippen molar-refractivity contribution in [3.63, 3.8) is 0 Å². The summed E-state index contributed by atoms with van der Waals surface area (Å²) < 4.78 is 0. The van der Waals surface area contributed by atoms with Gasteiger partial charge in [-0.1, -0.05) is 23.3 Å². The molecule has 0 spiro atoms. The topological polar surface area (TPSA) is 89.9 Å². The van der Waals surface area contributed by atoms with Crippen LogP contribution in [-0.4, -0.2) is 19.1 Å². The molecule has 1 rings (SSSR count). The Morgan fingerprint density at radius 1 is 1.29 bits per heavy atom. The number of nitrogens with one attached hydrogen (secondary N) is 2. The van der Waals surface area contributed by atoms with Gasteiger partial charge in [-0.3, -0.25) is 0 Å². The largest absolute Gasteiger partial charge is 0.338 e. The van der Waals surface area contributed by atoms with Gasteiger partial charge in [0, 0.05) is 23.7 Å². The van der Waals surface area contributed by atoms with Crippen LogP contribution in [0.2, 0.25) is 0 Å². The van der Waals surface area contributed by atoms with Crippen LogP contribution in [0.25, 0.3) is 10.4 Å². The maximum atomic E-state index is 11.4. The van der Waals surface area contributed by atoms with Gasteiger partial charge in [0.15, 0.2) is 0 Å². The van der Waals surface area contributed by atoms with Crippen molar-refractivity contribution in [2.75, 3.05) is 18.4 Å². The molecule has 6 nitrogen and oxygen atoms in total. The zero-order valence-electron chi connectivity index (χ0n) is 9.47. The molecule has 0 saturated heterocycles. The summed E-state index contributed by atoms with van der Waals surface area (Å²) in [5, 5.41) is 8.84. The monoisotopic (exact) mass is 233 g/mol. The van der Waals surface area contributed by atoms with E-state index in [1.54, 1.807) is 0 Å². The van der Waals surface area contributed by atoms with E-state index in [2.05, 4.69) is 20.7 Å². The smallest absolute Gasteiger partial charge is 0.319 e. The lowest BCUT2D eigenvalue weighted by molar-refractivity contribution is 0.252. The minimum atomic E-state index is -0.222. The van der Waals surface area contributed by atoms with Crippen LogP contribution in [0.1, 0.15) is 12.8 Å². The molecular weight excluding hydrogens is 218 g/mol. The number of hydrogen-bond acceptors (Lipinski definition) is 2. The molecule has 1 aromatic carbocycles. The quantitative estimate of drug-likeness (QED) is 0.336. The second-order valence-electron chi connectivity index (χ2n) is 3.41. The molecule has 90 valence electrons. The minimum absolute atomic E-state index is 0.222. The van der Waals surface area contributed by atoms with Gasteiger partial charge in [0.05, 0.1) is 0 Å². The van der Waals surface area contributed by atoms with E-state index in [0.717, 1.165) is 18.5 Å². The van der Waals surface area contributed by atoms with Gasteiger partial charge in [0.1, 0.15) is 0 Å². The Bertz CT molecular complexity index is 386. The van der Waals surface area contributed by atoms with Crippen molar-refractivity contribution in [1.82, 2.24) is 5.32 Å². The number of unbranched alkanes of at least 4 members (excludes halogenated alkanes) is 1. The van der Waals surface area contributed by atoms with E-state index in [1.165, 1.54) is 0 Å². The number of urea groups is 1. The van der Waals surface area contributed by atoms with Gasteiger partial charge in [-0.05, 0) is 30.5 Å². The predicted molar refractivity (Wildman–Crippen MR) is 66.7 cm³/mol. The van der Waals surface area contributed by atoms with Crippen LogP contribution in [-0.2, 0) is 0 Å². The molecule has 1 aromatic rings. The molecular formula is C11H15N5O. The number of amides is 2. The third-order valence-corrected chi connectivity index (χ3v) is 2.07. The van der Waals surface area contributed by atoms with Crippen molar-refractivity contribution >= 4 is 11.7 Å².